The van der Waals surface area contributed by atoms with E-state index in [2.05, 4.69) is 25.3 Å². The maximum absolute atomic E-state index is 13.2. The molecule has 0 atom stereocenters. The summed E-state index contributed by atoms with van der Waals surface area (Å²) in [6, 6.07) is 21.9. The van der Waals surface area contributed by atoms with Crippen LogP contribution in [0.2, 0.25) is 0 Å². The van der Waals surface area contributed by atoms with E-state index in [1.54, 1.807) is 37.7 Å². The minimum Gasteiger partial charge on any atom is -0.497 e. The molecule has 5 rings (SSSR count). The number of nitrogens with two attached hydrogens (primary N) is 1. The summed E-state index contributed by atoms with van der Waals surface area (Å²) in [5.74, 6) is -1.15. The highest BCUT2D eigenvalue weighted by Gasteiger charge is 2.18. The molecule has 0 unspecified atom stereocenters. The molecule has 4 aromatic heterocycles. The lowest BCUT2D eigenvalue weighted by molar-refractivity contribution is -0.133. The average Bonchev–Trinajstić information content (AvgIpc) is 3.49. The van der Waals surface area contributed by atoms with E-state index in [0.717, 1.165) is 27.4 Å². The number of nitrogens with zero attached hydrogens (tertiary/aromatic N) is 4. The van der Waals surface area contributed by atoms with E-state index >= 15 is 0 Å². The normalized spacial score (nSPS) is 10.3. The van der Waals surface area contributed by atoms with Gasteiger partial charge < -0.3 is 15.6 Å². The fourth-order valence-corrected chi connectivity index (χ4v) is 6.43. The van der Waals surface area contributed by atoms with Crippen molar-refractivity contribution in [3.05, 3.63) is 103 Å². The third-order valence-corrected chi connectivity index (χ3v) is 9.18. The van der Waals surface area contributed by atoms with Crippen LogP contribution in [0.3, 0.4) is 0 Å². The molecule has 11 nitrogen and oxygen atoms in total. The quantitative estimate of drug-likeness (QED) is 0.144. The lowest BCUT2D eigenvalue weighted by Crippen LogP contribution is -2.15. The molecule has 44 heavy (non-hydrogen) atoms. The molecule has 4 heterocycles. The van der Waals surface area contributed by atoms with Crippen molar-refractivity contribution in [2.75, 3.05) is 18.2 Å². The summed E-state index contributed by atoms with van der Waals surface area (Å²) >= 11 is 5.13. The summed E-state index contributed by atoms with van der Waals surface area (Å²) in [5, 5.41) is 13.4. The molecule has 224 valence electrons. The van der Waals surface area contributed by atoms with Crippen LogP contribution in [-0.4, -0.2) is 55.7 Å². The Morgan fingerprint density at radius 3 is 2.27 bits per heavy atom. The molecule has 0 radical (unpaired) electrons. The number of carboxylic acids is 1. The fraction of sp³-hybridized carbons (Fsp3) is 0.0690. The third-order valence-electron chi connectivity index (χ3n) is 5.14. The second-order valence-electron chi connectivity index (χ2n) is 8.24. The number of anilines is 1. The number of benzene rings is 1. The first-order chi connectivity index (χ1) is 21.3. The standard InChI is InChI=1S/C23H18N4O4S4.C6H6N2O/c1-31-14-5-7-15(8-6-14)33-16-9-10-18(34-17-4-2-3-11-24-17)26-21(16)22(30)27-23-25-12-20(35-23)32-13-19(28)29;7-6(9)5-3-1-2-4-8-5/h2-12H,13H2,1H3,(H,28,29)(H,25,27,30);1-4H,(H2,7,9). The van der Waals surface area contributed by atoms with E-state index in [1.807, 2.05) is 54.6 Å². The Morgan fingerprint density at radius 2 is 1.66 bits per heavy atom. The Bertz CT molecular complexity index is 1710. The van der Waals surface area contributed by atoms with Crippen LogP contribution in [0.1, 0.15) is 21.0 Å². The Morgan fingerprint density at radius 1 is 0.909 bits per heavy atom. The summed E-state index contributed by atoms with van der Waals surface area (Å²) < 4.78 is 5.92. The van der Waals surface area contributed by atoms with Crippen molar-refractivity contribution in [3.8, 4) is 5.75 Å². The van der Waals surface area contributed by atoms with Crippen molar-refractivity contribution < 1.29 is 24.2 Å². The van der Waals surface area contributed by atoms with Crippen LogP contribution in [0.25, 0.3) is 0 Å². The van der Waals surface area contributed by atoms with Crippen molar-refractivity contribution in [3.63, 3.8) is 0 Å². The molecule has 0 fully saturated rings. The number of carboxylic acid groups (broad SMARTS) is 1. The molecule has 0 aliphatic heterocycles. The first-order valence-corrected chi connectivity index (χ1v) is 16.0. The molecule has 4 N–H and O–H groups in total. The molecule has 0 aliphatic rings. The second-order valence-corrected chi connectivity index (χ2v) is 12.7. The van der Waals surface area contributed by atoms with Crippen LogP contribution in [0, 0.1) is 0 Å². The SMILES string of the molecule is COc1ccc(Sc2ccc(Sc3ccccn3)nc2C(=O)Nc2ncc(SCC(=O)O)s2)cc1.NC(=O)c1ccccn1. The van der Waals surface area contributed by atoms with E-state index in [1.165, 1.54) is 41.1 Å². The van der Waals surface area contributed by atoms with Crippen LogP contribution in [0.4, 0.5) is 5.13 Å². The minimum atomic E-state index is -0.916. The predicted molar refractivity (Wildman–Crippen MR) is 171 cm³/mol. The van der Waals surface area contributed by atoms with Gasteiger partial charge in [0.1, 0.15) is 27.2 Å². The lowest BCUT2D eigenvalue weighted by atomic mass is 10.3. The van der Waals surface area contributed by atoms with Gasteiger partial charge in [0.2, 0.25) is 0 Å². The van der Waals surface area contributed by atoms with Crippen molar-refractivity contribution in [2.24, 2.45) is 5.73 Å². The maximum Gasteiger partial charge on any atom is 0.313 e. The zero-order chi connectivity index (χ0) is 31.3. The zero-order valence-corrected chi connectivity index (χ0v) is 26.2. The van der Waals surface area contributed by atoms with E-state index < -0.39 is 17.8 Å². The summed E-state index contributed by atoms with van der Waals surface area (Å²) in [4.78, 5) is 52.8. The number of hydrogen-bond acceptors (Lipinski definition) is 12. The average molecular weight is 665 g/mol. The van der Waals surface area contributed by atoms with Crippen LogP contribution in [-0.2, 0) is 4.79 Å². The largest absolute Gasteiger partial charge is 0.497 e. The number of pyridine rings is 3. The smallest absolute Gasteiger partial charge is 0.313 e. The summed E-state index contributed by atoms with van der Waals surface area (Å²) in [7, 11) is 1.61. The molecule has 0 bridgehead atoms. The number of nitrogens with one attached hydrogen (secondary N) is 1. The van der Waals surface area contributed by atoms with Crippen LogP contribution < -0.4 is 15.8 Å². The highest BCUT2D eigenvalue weighted by molar-refractivity contribution is 8.01. The second kappa shape index (κ2) is 16.4. The van der Waals surface area contributed by atoms with Crippen LogP contribution in [0.5, 0.6) is 5.75 Å². The number of carbonyl (C=O) groups excluding carboxylic acids is 2. The molecule has 5 aromatic rings. The van der Waals surface area contributed by atoms with Crippen LogP contribution in [0.15, 0.2) is 115 Å². The molecule has 0 saturated carbocycles. The van der Waals surface area contributed by atoms with Crippen molar-refractivity contribution in [1.29, 1.82) is 0 Å². The first kappa shape index (κ1) is 32.5. The Hall–Kier alpha value is -4.44. The number of thioether (sulfide) groups is 1. The number of methoxy groups -OCH3 is 1. The number of aliphatic carboxylic acids is 1. The van der Waals surface area contributed by atoms with Gasteiger partial charge in [0.25, 0.3) is 11.8 Å². The number of carbonyl (C=O) groups is 3. The Labute approximate surface area is 269 Å². The molecule has 15 heteroatoms. The minimum absolute atomic E-state index is 0.0768. The fourth-order valence-electron chi connectivity index (χ4n) is 3.20. The maximum atomic E-state index is 13.2. The number of hydrogen-bond donors (Lipinski definition) is 3. The number of aromatic nitrogens is 4. The van der Waals surface area contributed by atoms with Gasteiger partial charge in [0.15, 0.2) is 5.13 Å². The van der Waals surface area contributed by atoms with Crippen molar-refractivity contribution in [2.45, 2.75) is 24.1 Å². The molecule has 0 spiro atoms. The van der Waals surface area contributed by atoms with Gasteiger partial charge in [-0.1, -0.05) is 47.0 Å². The molecular weight excluding hydrogens is 641 g/mol. The van der Waals surface area contributed by atoms with Gasteiger partial charge in [0, 0.05) is 22.2 Å². The predicted octanol–water partition coefficient (Wildman–Crippen LogP) is 5.85. The van der Waals surface area contributed by atoms with Crippen molar-refractivity contribution in [1.82, 2.24) is 19.9 Å². The third kappa shape index (κ3) is 10.1. The lowest BCUT2D eigenvalue weighted by Gasteiger charge is -2.10. The van der Waals surface area contributed by atoms with E-state index in [0.29, 0.717) is 25.0 Å². The van der Waals surface area contributed by atoms with E-state index in [4.69, 9.17) is 15.6 Å². The summed E-state index contributed by atoms with van der Waals surface area (Å²) in [6.07, 6.45) is 4.77. The van der Waals surface area contributed by atoms with Crippen LogP contribution >= 0.6 is 46.6 Å². The molecule has 2 amide bonds. The first-order valence-electron chi connectivity index (χ1n) is 12.5. The van der Waals surface area contributed by atoms with E-state index in [9.17, 15) is 14.4 Å². The Kier molecular flexibility index (Phi) is 12.1. The van der Waals surface area contributed by atoms with Gasteiger partial charge in [-0.2, -0.15) is 0 Å². The highest BCUT2D eigenvalue weighted by Crippen LogP contribution is 2.34. The molecule has 0 saturated heterocycles. The number of ether oxygens (including phenoxy) is 1. The highest BCUT2D eigenvalue weighted by atomic mass is 32.2. The van der Waals surface area contributed by atoms with Gasteiger partial charge in [-0.15, -0.1) is 11.8 Å². The molecular formula is C29H24N6O5S4. The Balaban J connectivity index is 0.000000421. The van der Waals surface area contributed by atoms with Gasteiger partial charge in [-0.05, 0) is 60.7 Å². The zero-order valence-electron chi connectivity index (χ0n) is 22.9. The number of amides is 2. The topological polar surface area (TPSA) is 170 Å². The van der Waals surface area contributed by atoms with Gasteiger partial charge in [0.05, 0.1) is 23.3 Å². The van der Waals surface area contributed by atoms with E-state index in [-0.39, 0.29) is 11.4 Å². The van der Waals surface area contributed by atoms with Gasteiger partial charge >= 0.3 is 5.97 Å². The summed E-state index contributed by atoms with van der Waals surface area (Å²) in [6.45, 7) is 0. The van der Waals surface area contributed by atoms with Gasteiger partial charge in [-0.25, -0.2) is 15.0 Å². The summed E-state index contributed by atoms with van der Waals surface area (Å²) in [5.41, 5.74) is 5.47. The number of thiazole rings is 1. The number of primary amides is 1. The molecule has 1 aromatic carbocycles. The molecule has 0 aliphatic carbocycles. The van der Waals surface area contributed by atoms with Gasteiger partial charge in [-0.3, -0.25) is 24.7 Å². The van der Waals surface area contributed by atoms with Crippen molar-refractivity contribution >= 4 is 69.5 Å². The number of rotatable bonds is 11. The monoisotopic (exact) mass is 664 g/mol.